The normalized spacial score (nSPS) is 10.7. The van der Waals surface area contributed by atoms with Crippen LogP contribution in [0.1, 0.15) is 16.1 Å². The fraction of sp³-hybridized carbons (Fsp3) is 0.0500. The maximum atomic E-state index is 13.3. The van der Waals surface area contributed by atoms with Crippen LogP contribution in [0.15, 0.2) is 78.4 Å². The van der Waals surface area contributed by atoms with Gasteiger partial charge in [-0.15, -0.1) is 11.3 Å². The number of benzene rings is 2. The summed E-state index contributed by atoms with van der Waals surface area (Å²) in [5.41, 5.74) is 3.10. The maximum absolute atomic E-state index is 13.3. The van der Waals surface area contributed by atoms with E-state index in [9.17, 15) is 4.79 Å². The molecule has 2 heterocycles. The van der Waals surface area contributed by atoms with E-state index in [1.165, 1.54) is 11.3 Å². The van der Waals surface area contributed by atoms with E-state index in [1.54, 1.807) is 15.8 Å². The van der Waals surface area contributed by atoms with Crippen molar-refractivity contribution in [1.82, 2.24) is 14.8 Å². The molecule has 0 radical (unpaired) electrons. The summed E-state index contributed by atoms with van der Waals surface area (Å²) in [6.45, 7) is 1.92. The third kappa shape index (κ3) is 3.14. The second kappa shape index (κ2) is 6.93. The van der Waals surface area contributed by atoms with E-state index >= 15 is 0 Å². The van der Waals surface area contributed by atoms with Crippen molar-refractivity contribution < 1.29 is 4.79 Å². The van der Waals surface area contributed by atoms with Crippen LogP contribution in [-0.2, 0) is 0 Å². The minimum Gasteiger partial charge on any atom is -0.268 e. The number of nitrogens with zero attached hydrogens (tertiary/aromatic N) is 4. The van der Waals surface area contributed by atoms with E-state index < -0.39 is 0 Å². The van der Waals surface area contributed by atoms with Gasteiger partial charge in [-0.05, 0) is 43.3 Å². The molecule has 0 atom stereocenters. The Hall–Kier alpha value is -3.25. The molecule has 4 aromatic rings. The number of carbonyl (C=O) groups excluding carboxylic acids is 1. The second-order valence-electron chi connectivity index (χ2n) is 5.75. The van der Waals surface area contributed by atoms with Crippen molar-refractivity contribution in [2.24, 2.45) is 0 Å². The van der Waals surface area contributed by atoms with Crippen LogP contribution in [0.2, 0.25) is 0 Å². The molecule has 2 aromatic heterocycles. The number of hydrogen-bond donors (Lipinski definition) is 0. The van der Waals surface area contributed by atoms with Crippen LogP contribution in [0.25, 0.3) is 5.69 Å². The van der Waals surface area contributed by atoms with Crippen LogP contribution >= 0.6 is 11.3 Å². The third-order valence-electron chi connectivity index (χ3n) is 3.88. The van der Waals surface area contributed by atoms with Crippen LogP contribution in [0.4, 0.5) is 10.8 Å². The van der Waals surface area contributed by atoms with E-state index in [-0.39, 0.29) is 5.91 Å². The van der Waals surface area contributed by atoms with Crippen LogP contribution in [-0.4, -0.2) is 20.7 Å². The Labute approximate surface area is 155 Å². The Kier molecular flexibility index (Phi) is 4.33. The van der Waals surface area contributed by atoms with Crippen molar-refractivity contribution in [1.29, 1.82) is 0 Å². The van der Waals surface area contributed by atoms with Gasteiger partial charge in [0.1, 0.15) is 0 Å². The van der Waals surface area contributed by atoms with Crippen LogP contribution in [0, 0.1) is 6.92 Å². The van der Waals surface area contributed by atoms with E-state index in [4.69, 9.17) is 0 Å². The molecule has 0 bridgehead atoms. The molecule has 26 heavy (non-hydrogen) atoms. The zero-order chi connectivity index (χ0) is 17.9. The van der Waals surface area contributed by atoms with Crippen molar-refractivity contribution in [3.8, 4) is 5.69 Å². The smallest absolute Gasteiger partial charge is 0.264 e. The Morgan fingerprint density at radius 1 is 1.08 bits per heavy atom. The number of rotatable bonds is 4. The summed E-state index contributed by atoms with van der Waals surface area (Å²) in [5, 5.41) is 6.83. The van der Waals surface area contributed by atoms with Gasteiger partial charge in [-0.25, -0.2) is 9.67 Å². The molecule has 0 unspecified atom stereocenters. The molecule has 0 aliphatic heterocycles. The summed E-state index contributed by atoms with van der Waals surface area (Å²) < 4.78 is 1.73. The fourth-order valence-corrected chi connectivity index (χ4v) is 3.49. The van der Waals surface area contributed by atoms with Crippen molar-refractivity contribution in [3.63, 3.8) is 0 Å². The average Bonchev–Trinajstić information content (AvgIpc) is 3.35. The summed E-state index contributed by atoms with van der Waals surface area (Å²) in [5.74, 6) is -0.125. The number of thiazole rings is 1. The average molecular weight is 360 g/mol. The molecule has 2 aromatic carbocycles. The van der Waals surface area contributed by atoms with Crippen LogP contribution in [0.3, 0.4) is 0 Å². The van der Waals surface area contributed by atoms with Gasteiger partial charge in [0.2, 0.25) is 0 Å². The van der Waals surface area contributed by atoms with E-state index in [2.05, 4.69) is 10.1 Å². The summed E-state index contributed by atoms with van der Waals surface area (Å²) in [6.07, 6.45) is 3.56. The van der Waals surface area contributed by atoms with E-state index in [0.717, 1.165) is 17.1 Å². The minimum absolute atomic E-state index is 0.125. The van der Waals surface area contributed by atoms with Crippen LogP contribution < -0.4 is 4.90 Å². The highest BCUT2D eigenvalue weighted by Crippen LogP contribution is 2.30. The Morgan fingerprint density at radius 2 is 1.92 bits per heavy atom. The molecule has 5 nitrogen and oxygen atoms in total. The zero-order valence-electron chi connectivity index (χ0n) is 14.1. The first-order chi connectivity index (χ1) is 12.7. The highest BCUT2D eigenvalue weighted by Gasteiger charge is 2.22. The Bertz CT molecular complexity index is 1020. The first-order valence-corrected chi connectivity index (χ1v) is 9.02. The van der Waals surface area contributed by atoms with Gasteiger partial charge < -0.3 is 0 Å². The molecule has 0 aliphatic rings. The SMILES string of the molecule is Cc1csc(N(C(=O)c2cccc(-n3cccn3)c2)c2ccccc2)n1. The van der Waals surface area contributed by atoms with Crippen molar-refractivity contribution in [3.05, 3.63) is 89.7 Å². The lowest BCUT2D eigenvalue weighted by Crippen LogP contribution is -2.26. The van der Waals surface area contributed by atoms with E-state index in [0.29, 0.717) is 10.7 Å². The summed E-state index contributed by atoms with van der Waals surface area (Å²) in [6, 6.07) is 18.9. The molecule has 0 spiro atoms. The van der Waals surface area contributed by atoms with Gasteiger partial charge >= 0.3 is 0 Å². The van der Waals surface area contributed by atoms with Crippen molar-refractivity contribution in [2.45, 2.75) is 6.92 Å². The van der Waals surface area contributed by atoms with Crippen molar-refractivity contribution in [2.75, 3.05) is 4.90 Å². The molecule has 128 valence electrons. The molecule has 1 amide bonds. The molecule has 0 aliphatic carbocycles. The molecule has 0 saturated carbocycles. The van der Waals surface area contributed by atoms with Gasteiger partial charge in [0.25, 0.3) is 5.91 Å². The molecule has 4 rings (SSSR count). The summed E-state index contributed by atoms with van der Waals surface area (Å²) in [4.78, 5) is 19.5. The molecule has 0 fully saturated rings. The van der Waals surface area contributed by atoms with Crippen molar-refractivity contribution >= 4 is 28.1 Å². The first-order valence-electron chi connectivity index (χ1n) is 8.14. The first kappa shape index (κ1) is 16.2. The molecule has 0 N–H and O–H groups in total. The van der Waals surface area contributed by atoms with E-state index in [1.807, 2.05) is 79.2 Å². The van der Waals surface area contributed by atoms with Gasteiger partial charge in [0, 0.05) is 23.3 Å². The number of para-hydroxylation sites is 1. The highest BCUT2D eigenvalue weighted by molar-refractivity contribution is 7.14. The Morgan fingerprint density at radius 3 is 2.62 bits per heavy atom. The number of carbonyl (C=O) groups is 1. The lowest BCUT2D eigenvalue weighted by atomic mass is 10.1. The van der Waals surface area contributed by atoms with Gasteiger partial charge in [-0.2, -0.15) is 5.10 Å². The number of aromatic nitrogens is 3. The molecule has 6 heteroatoms. The summed E-state index contributed by atoms with van der Waals surface area (Å²) in [7, 11) is 0. The largest absolute Gasteiger partial charge is 0.268 e. The molecular formula is C20H16N4OS. The molecular weight excluding hydrogens is 344 g/mol. The minimum atomic E-state index is -0.125. The topological polar surface area (TPSA) is 51.0 Å². The number of aryl methyl sites for hydroxylation is 1. The van der Waals surface area contributed by atoms with Gasteiger partial charge in [0.15, 0.2) is 5.13 Å². The molecule has 0 saturated heterocycles. The summed E-state index contributed by atoms with van der Waals surface area (Å²) >= 11 is 1.45. The number of hydrogen-bond acceptors (Lipinski definition) is 4. The maximum Gasteiger partial charge on any atom is 0.264 e. The van der Waals surface area contributed by atoms with Gasteiger partial charge in [-0.1, -0.05) is 24.3 Å². The highest BCUT2D eigenvalue weighted by atomic mass is 32.1. The number of amides is 1. The second-order valence-corrected chi connectivity index (χ2v) is 6.59. The predicted molar refractivity (Wildman–Crippen MR) is 103 cm³/mol. The zero-order valence-corrected chi connectivity index (χ0v) is 14.9. The quantitative estimate of drug-likeness (QED) is 0.534. The monoisotopic (exact) mass is 360 g/mol. The predicted octanol–water partition coefficient (Wildman–Crippen LogP) is 4.62. The van der Waals surface area contributed by atoms with Crippen LogP contribution in [0.5, 0.6) is 0 Å². The lowest BCUT2D eigenvalue weighted by molar-refractivity contribution is 0.0999. The lowest BCUT2D eigenvalue weighted by Gasteiger charge is -2.20. The Balaban J connectivity index is 1.77. The standard InChI is InChI=1S/C20H16N4OS/c1-15-14-26-20(22-15)24(17-8-3-2-4-9-17)19(25)16-7-5-10-18(13-16)23-12-6-11-21-23/h2-14H,1H3. The van der Waals surface area contributed by atoms with Gasteiger partial charge in [0.05, 0.1) is 17.1 Å². The van der Waals surface area contributed by atoms with Gasteiger partial charge in [-0.3, -0.25) is 9.69 Å². The fourth-order valence-electron chi connectivity index (χ4n) is 2.67. The third-order valence-corrected chi connectivity index (χ3v) is 4.82. The number of anilines is 2.